The first-order valence-corrected chi connectivity index (χ1v) is 8.70. The Balaban J connectivity index is 1.81. The van der Waals surface area contributed by atoms with Crippen LogP contribution in [0.5, 0.6) is 17.4 Å². The normalized spacial score (nSPS) is 14.6. The summed E-state index contributed by atoms with van der Waals surface area (Å²) in [5, 5.41) is 8.11. The highest BCUT2D eigenvalue weighted by Gasteiger charge is 2.21. The van der Waals surface area contributed by atoms with Gasteiger partial charge in [-0.15, -0.1) is 0 Å². The number of aromatic nitrogens is 2. The molecule has 2 heterocycles. The number of benzene rings is 1. The molecule has 0 bridgehead atoms. The highest BCUT2D eigenvalue weighted by atomic mass is 16.6. The minimum Gasteiger partial charge on any atom is -0.486 e. The topological polar surface area (TPSA) is 57.5 Å². The zero-order chi connectivity index (χ0) is 18.0. The maximum absolute atomic E-state index is 5.73. The van der Waals surface area contributed by atoms with Crippen LogP contribution in [0.1, 0.15) is 36.7 Å². The molecule has 1 N–H and O–H groups in total. The monoisotopic (exact) mass is 345 g/mol. The number of hydrogen-bond acceptors (Lipinski definition) is 5. The second-order valence-corrected chi connectivity index (χ2v) is 6.70. The number of aryl methyl sites for hydroxylation is 2. The molecule has 0 saturated heterocycles. The van der Waals surface area contributed by atoms with E-state index in [1.165, 1.54) is 5.56 Å². The van der Waals surface area contributed by atoms with Crippen LogP contribution < -0.4 is 19.5 Å². The molecule has 0 amide bonds. The molecule has 3 rings (SSSR count). The molecule has 0 saturated carbocycles. The van der Waals surface area contributed by atoms with Crippen LogP contribution in [0.3, 0.4) is 0 Å². The first-order valence-electron chi connectivity index (χ1n) is 8.70. The molecule has 0 aliphatic carbocycles. The van der Waals surface area contributed by atoms with Gasteiger partial charge in [0, 0.05) is 19.6 Å². The molecular formula is C19H27N3O3. The summed E-state index contributed by atoms with van der Waals surface area (Å²) in [4.78, 5) is 0. The molecule has 2 aromatic rings. The van der Waals surface area contributed by atoms with Crippen molar-refractivity contribution in [2.24, 2.45) is 13.0 Å². The predicted molar refractivity (Wildman–Crippen MR) is 96.3 cm³/mol. The molecule has 0 radical (unpaired) electrons. The number of rotatable bonds is 6. The lowest BCUT2D eigenvalue weighted by Gasteiger charge is -2.25. The first-order chi connectivity index (χ1) is 12.0. The summed E-state index contributed by atoms with van der Waals surface area (Å²) in [6.07, 6.45) is 0. The molecule has 6 nitrogen and oxygen atoms in total. The summed E-state index contributed by atoms with van der Waals surface area (Å²) in [5.41, 5.74) is 3.27. The molecule has 1 atom stereocenters. The van der Waals surface area contributed by atoms with E-state index in [0.29, 0.717) is 25.7 Å². The largest absolute Gasteiger partial charge is 0.486 e. The SMILES string of the molecule is COc1c(CN[C@H](c2ccc3c(c2)OCCO3)C(C)C)c(C)nn1C. The van der Waals surface area contributed by atoms with Crippen LogP contribution in [0.25, 0.3) is 0 Å². The van der Waals surface area contributed by atoms with Crippen molar-refractivity contribution in [1.29, 1.82) is 0 Å². The highest BCUT2D eigenvalue weighted by molar-refractivity contribution is 5.45. The van der Waals surface area contributed by atoms with Crippen LogP contribution in [0.15, 0.2) is 18.2 Å². The Morgan fingerprint density at radius 3 is 2.64 bits per heavy atom. The Kier molecular flexibility index (Phi) is 5.18. The second-order valence-electron chi connectivity index (χ2n) is 6.70. The summed E-state index contributed by atoms with van der Waals surface area (Å²) in [6.45, 7) is 8.33. The van der Waals surface area contributed by atoms with E-state index in [1.807, 2.05) is 20.0 Å². The maximum Gasteiger partial charge on any atom is 0.216 e. The van der Waals surface area contributed by atoms with Crippen molar-refractivity contribution in [3.8, 4) is 17.4 Å². The van der Waals surface area contributed by atoms with Crippen LogP contribution in [0, 0.1) is 12.8 Å². The van der Waals surface area contributed by atoms with Gasteiger partial charge in [-0.05, 0) is 30.5 Å². The van der Waals surface area contributed by atoms with E-state index >= 15 is 0 Å². The summed E-state index contributed by atoms with van der Waals surface area (Å²) >= 11 is 0. The molecule has 1 aliphatic rings. The Morgan fingerprint density at radius 1 is 1.24 bits per heavy atom. The van der Waals surface area contributed by atoms with E-state index in [1.54, 1.807) is 11.8 Å². The molecule has 0 fully saturated rings. The van der Waals surface area contributed by atoms with Crippen molar-refractivity contribution in [2.75, 3.05) is 20.3 Å². The minimum atomic E-state index is 0.195. The van der Waals surface area contributed by atoms with Crippen molar-refractivity contribution < 1.29 is 14.2 Å². The standard InChI is InChI=1S/C19H27N3O3/c1-12(2)18(14-6-7-16-17(10-14)25-9-8-24-16)20-11-15-13(3)21-22(4)19(15)23-5/h6-7,10,12,18,20H,8-9,11H2,1-5H3/t18-/m0/s1. The highest BCUT2D eigenvalue weighted by Crippen LogP contribution is 2.34. The Labute approximate surface area is 149 Å². The zero-order valence-electron chi connectivity index (χ0n) is 15.6. The van der Waals surface area contributed by atoms with Crippen molar-refractivity contribution in [3.63, 3.8) is 0 Å². The van der Waals surface area contributed by atoms with Crippen molar-refractivity contribution in [3.05, 3.63) is 35.0 Å². The summed E-state index contributed by atoms with van der Waals surface area (Å²) < 4.78 is 18.6. The smallest absolute Gasteiger partial charge is 0.216 e. The summed E-state index contributed by atoms with van der Waals surface area (Å²) in [5.74, 6) is 2.87. The fourth-order valence-electron chi connectivity index (χ4n) is 3.34. The van der Waals surface area contributed by atoms with E-state index in [-0.39, 0.29) is 6.04 Å². The van der Waals surface area contributed by atoms with Crippen molar-refractivity contribution >= 4 is 0 Å². The third-order valence-corrected chi connectivity index (χ3v) is 4.57. The van der Waals surface area contributed by atoms with E-state index in [2.05, 4.69) is 36.4 Å². The Morgan fingerprint density at radius 2 is 1.96 bits per heavy atom. The molecule has 1 aliphatic heterocycles. The number of nitrogens with one attached hydrogen (secondary N) is 1. The van der Waals surface area contributed by atoms with Crippen molar-refractivity contribution in [1.82, 2.24) is 15.1 Å². The number of nitrogens with zero attached hydrogens (tertiary/aromatic N) is 2. The van der Waals surface area contributed by atoms with Crippen LogP contribution >= 0.6 is 0 Å². The quantitative estimate of drug-likeness (QED) is 0.872. The van der Waals surface area contributed by atoms with Crippen LogP contribution in [-0.4, -0.2) is 30.1 Å². The number of hydrogen-bond donors (Lipinski definition) is 1. The van der Waals surface area contributed by atoms with Crippen LogP contribution in [0.4, 0.5) is 0 Å². The van der Waals surface area contributed by atoms with Crippen LogP contribution in [-0.2, 0) is 13.6 Å². The van der Waals surface area contributed by atoms with Gasteiger partial charge in [0.15, 0.2) is 11.5 Å². The predicted octanol–water partition coefficient (Wildman–Crippen LogP) is 3.00. The van der Waals surface area contributed by atoms with Gasteiger partial charge in [-0.25, -0.2) is 4.68 Å². The summed E-state index contributed by atoms with van der Waals surface area (Å²) in [6, 6.07) is 6.38. The lowest BCUT2D eigenvalue weighted by Crippen LogP contribution is -2.26. The van der Waals surface area contributed by atoms with Gasteiger partial charge < -0.3 is 19.5 Å². The summed E-state index contributed by atoms with van der Waals surface area (Å²) in [7, 11) is 3.58. The Bertz CT molecular complexity index is 740. The zero-order valence-corrected chi connectivity index (χ0v) is 15.6. The fraction of sp³-hybridized carbons (Fsp3) is 0.526. The molecular weight excluding hydrogens is 318 g/mol. The molecule has 0 unspecified atom stereocenters. The molecule has 136 valence electrons. The van der Waals surface area contributed by atoms with E-state index < -0.39 is 0 Å². The van der Waals surface area contributed by atoms with E-state index in [4.69, 9.17) is 14.2 Å². The second kappa shape index (κ2) is 7.35. The number of fused-ring (bicyclic) bond motifs is 1. The Hall–Kier alpha value is -2.21. The van der Waals surface area contributed by atoms with Gasteiger partial charge in [0.25, 0.3) is 0 Å². The number of methoxy groups -OCH3 is 1. The fourth-order valence-corrected chi connectivity index (χ4v) is 3.34. The molecule has 1 aromatic heterocycles. The molecule has 25 heavy (non-hydrogen) atoms. The van der Waals surface area contributed by atoms with Crippen LogP contribution in [0.2, 0.25) is 0 Å². The van der Waals surface area contributed by atoms with Gasteiger partial charge in [0.2, 0.25) is 5.88 Å². The van der Waals surface area contributed by atoms with Gasteiger partial charge in [0.05, 0.1) is 18.4 Å². The minimum absolute atomic E-state index is 0.195. The van der Waals surface area contributed by atoms with E-state index in [0.717, 1.165) is 28.6 Å². The van der Waals surface area contributed by atoms with Gasteiger partial charge in [-0.2, -0.15) is 5.10 Å². The van der Waals surface area contributed by atoms with Gasteiger partial charge in [0.1, 0.15) is 13.2 Å². The number of ether oxygens (including phenoxy) is 3. The molecule has 6 heteroatoms. The average Bonchev–Trinajstić information content (AvgIpc) is 2.87. The van der Waals surface area contributed by atoms with Gasteiger partial charge >= 0.3 is 0 Å². The third kappa shape index (κ3) is 3.58. The molecule has 1 aromatic carbocycles. The van der Waals surface area contributed by atoms with Gasteiger partial charge in [-0.1, -0.05) is 19.9 Å². The van der Waals surface area contributed by atoms with Gasteiger partial charge in [-0.3, -0.25) is 0 Å². The maximum atomic E-state index is 5.73. The lowest BCUT2D eigenvalue weighted by molar-refractivity contribution is 0.171. The average molecular weight is 345 g/mol. The lowest BCUT2D eigenvalue weighted by atomic mass is 9.95. The van der Waals surface area contributed by atoms with Crippen molar-refractivity contribution in [2.45, 2.75) is 33.4 Å². The van der Waals surface area contributed by atoms with E-state index in [9.17, 15) is 0 Å². The first kappa shape index (κ1) is 17.6. The molecule has 0 spiro atoms. The third-order valence-electron chi connectivity index (χ3n) is 4.57.